The summed E-state index contributed by atoms with van der Waals surface area (Å²) in [6.07, 6.45) is 79.5. The molecule has 0 unspecified atom stereocenters. The predicted octanol–water partition coefficient (Wildman–Crippen LogP) is 26.8. The maximum Gasteiger partial charge on any atom is 0.150 e. The van der Waals surface area contributed by atoms with Crippen LogP contribution in [0.25, 0.3) is 0 Å². The highest BCUT2D eigenvalue weighted by molar-refractivity contribution is 7.99. The van der Waals surface area contributed by atoms with Crippen molar-refractivity contribution in [1.29, 1.82) is 0 Å². The summed E-state index contributed by atoms with van der Waals surface area (Å²) in [5.41, 5.74) is 11.9. The lowest BCUT2D eigenvalue weighted by atomic mass is 9.51. The molecule has 1 aromatic heterocycles. The third-order valence-electron chi connectivity index (χ3n) is 47.4. The average molecular weight is 1920 g/mol. The molecule has 5 N–H and O–H groups in total. The molecule has 0 amide bonds. The summed E-state index contributed by atoms with van der Waals surface area (Å²) >= 11 is 1.69. The van der Waals surface area contributed by atoms with E-state index in [2.05, 4.69) is 121 Å². The minimum atomic E-state index is -0.488. The molecule has 15 saturated carbocycles. The van der Waals surface area contributed by atoms with Gasteiger partial charge in [0.25, 0.3) is 0 Å². The zero-order valence-corrected chi connectivity index (χ0v) is 90.4. The molecule has 0 spiro atoms. The van der Waals surface area contributed by atoms with Gasteiger partial charge in [-0.2, -0.15) is 11.8 Å². The number of fused-ring (bicyclic) bond motifs is 25. The first-order valence-corrected chi connectivity index (χ1v) is 60.5. The highest BCUT2D eigenvalue weighted by Crippen LogP contribution is 2.72. The van der Waals surface area contributed by atoms with Gasteiger partial charge in [-0.15, -0.1) is 0 Å². The molecule has 13 heteroatoms. The van der Waals surface area contributed by atoms with E-state index in [1.807, 2.05) is 47.1 Å². The van der Waals surface area contributed by atoms with E-state index < -0.39 is 28.0 Å². The molecule has 3 saturated heterocycles. The molecular weight excluding hydrogens is 1730 g/mol. The van der Waals surface area contributed by atoms with Crippen molar-refractivity contribution < 1.29 is 35.1 Å². The molecule has 20 aliphatic carbocycles. The Kier molecular flexibility index (Phi) is 30.1. The molecule has 139 heavy (non-hydrogen) atoms. The topological polar surface area (TPSA) is 163 Å². The number of carbonyl (C=O) groups is 2. The molecule has 24 rings (SSSR count). The minimum absolute atomic E-state index is 0.236. The zero-order valence-electron chi connectivity index (χ0n) is 89.6. The Bertz CT molecular complexity index is 4600. The maximum atomic E-state index is 13.4. The number of aromatic nitrogens is 2. The summed E-state index contributed by atoms with van der Waals surface area (Å²) in [6.45, 7) is 48.1. The minimum Gasteiger partial charge on any atom is -0.390 e. The molecule has 772 valence electrons. The number of rotatable bonds is 15. The SMILES string of the molecule is C=C(CN1CCCC1)[C@H]1CC[C@H]2[C@@H]3CC=C4C[C@](C)(O)CC[C@@H]4[C@H]3CC[C@]12C.C=C(CN1CCCCC1)[C@H]1CC[C@H]2[C@@H]3CC=C4C[C@](C)(O)CC[C@@H]4[C@H]3CC[C@]12C.C=C(Cn1ccnc1)[C@H]1CC[C@H]2[C@@H]3CC=C4C[C@](C)(O)CC[C@@H]4[C@H]3CC[C@]12C.CSCC(=O)[C@H]1CC[C@H]2[C@@H]3CC=C4C[C@](C)(O)CC[C@@H]4[C@H]3CC[C@]12C.C[C@@]1(O)CC[C@H]2C(=CC[C@@H]3[C@@H]2CC[C@]2(C)[C@@H](C(=O)CN4CCCCC4)CC[C@@H]32)C1. The fraction of sp³-hybridized carbons (Fsp3) is 0.833. The van der Waals surface area contributed by atoms with Crippen molar-refractivity contribution in [3.8, 4) is 0 Å². The Morgan fingerprint density at radius 3 is 0.842 bits per heavy atom. The van der Waals surface area contributed by atoms with E-state index in [0.29, 0.717) is 69.7 Å². The lowest BCUT2D eigenvalue weighted by Crippen LogP contribution is -2.49. The molecular formula is C126H195N5O7S. The van der Waals surface area contributed by atoms with Crippen LogP contribution in [0.1, 0.15) is 377 Å². The highest BCUT2D eigenvalue weighted by atomic mass is 32.2. The second kappa shape index (κ2) is 40.8. The molecule has 23 aliphatic rings. The molecule has 35 atom stereocenters. The van der Waals surface area contributed by atoms with Gasteiger partial charge in [-0.05, 0) is 539 Å². The van der Waals surface area contributed by atoms with Gasteiger partial charge in [-0.1, -0.05) is 142 Å². The van der Waals surface area contributed by atoms with E-state index in [1.165, 1.54) is 256 Å². The number of carbonyl (C=O) groups excluding carboxylic acids is 2. The molecule has 3 aliphatic heterocycles. The fourth-order valence-electron chi connectivity index (χ4n) is 40.7. The van der Waals surface area contributed by atoms with Crippen LogP contribution in [0.5, 0.6) is 0 Å². The summed E-state index contributed by atoms with van der Waals surface area (Å²) < 4.78 is 2.17. The van der Waals surface area contributed by atoms with Crippen LogP contribution in [0.2, 0.25) is 0 Å². The molecule has 18 fully saturated rings. The van der Waals surface area contributed by atoms with Gasteiger partial charge < -0.3 is 30.1 Å². The van der Waals surface area contributed by atoms with Crippen molar-refractivity contribution in [2.24, 2.45) is 175 Å². The summed E-state index contributed by atoms with van der Waals surface area (Å²) in [7, 11) is 0. The van der Waals surface area contributed by atoms with Gasteiger partial charge in [0.2, 0.25) is 0 Å². The van der Waals surface area contributed by atoms with Gasteiger partial charge in [-0.3, -0.25) is 24.3 Å². The van der Waals surface area contributed by atoms with Crippen LogP contribution in [0.4, 0.5) is 0 Å². The van der Waals surface area contributed by atoms with Crippen molar-refractivity contribution in [2.45, 2.75) is 412 Å². The van der Waals surface area contributed by atoms with E-state index in [9.17, 15) is 35.1 Å². The summed E-state index contributed by atoms with van der Waals surface area (Å²) in [6, 6.07) is 0. The van der Waals surface area contributed by atoms with Gasteiger partial charge in [0, 0.05) is 43.9 Å². The maximum absolute atomic E-state index is 13.4. The van der Waals surface area contributed by atoms with E-state index >= 15 is 0 Å². The molecule has 4 heterocycles. The zero-order chi connectivity index (χ0) is 97.3. The Balaban J connectivity index is 0.000000107. The van der Waals surface area contributed by atoms with Crippen LogP contribution in [0.15, 0.2) is 113 Å². The summed E-state index contributed by atoms with van der Waals surface area (Å²) in [5.74, 6) is 20.8. The highest BCUT2D eigenvalue weighted by Gasteiger charge is 2.64. The average Bonchev–Trinajstić information content (AvgIpc) is 1.62. The van der Waals surface area contributed by atoms with Crippen LogP contribution < -0.4 is 0 Å². The van der Waals surface area contributed by atoms with Gasteiger partial charge >= 0.3 is 0 Å². The lowest BCUT2D eigenvalue weighted by Gasteiger charge is -2.54. The Morgan fingerprint density at radius 1 is 0.317 bits per heavy atom. The Hall–Kier alpha value is -3.50. The molecule has 12 nitrogen and oxygen atoms in total. The molecule has 0 aromatic carbocycles. The second-order valence-corrected chi connectivity index (χ2v) is 56.8. The first kappa shape index (κ1) is 103. The smallest absolute Gasteiger partial charge is 0.150 e. The van der Waals surface area contributed by atoms with E-state index in [0.717, 1.165) is 235 Å². The molecule has 0 bridgehead atoms. The largest absolute Gasteiger partial charge is 0.390 e. The van der Waals surface area contributed by atoms with Crippen molar-refractivity contribution in [2.75, 3.05) is 70.9 Å². The van der Waals surface area contributed by atoms with Crippen LogP contribution in [-0.2, 0) is 16.1 Å². The van der Waals surface area contributed by atoms with Crippen LogP contribution in [0.3, 0.4) is 0 Å². The van der Waals surface area contributed by atoms with E-state index in [-0.39, 0.29) is 10.8 Å². The van der Waals surface area contributed by atoms with Crippen molar-refractivity contribution in [3.63, 3.8) is 0 Å². The predicted molar refractivity (Wildman–Crippen MR) is 570 cm³/mol. The number of hydrogen-bond acceptors (Lipinski definition) is 12. The molecule has 0 radical (unpaired) electrons. The number of likely N-dealkylation sites (tertiary alicyclic amines) is 3. The standard InChI is InChI=1S/C27H43NO.C26H41NO2.C26H41NO.C25H36N2O.C22H34O2S/c1-19(18-28-15-5-4-6-16-28)24-9-10-25-23-8-7-20-17-26(2,29)13-11-21(20)22(23)12-14-27(24,25)3;1-25(29)12-10-19-18(16-25)6-7-21-20(19)11-13-26(2)22(21)8-9-23(26)24(28)17-27-14-4-3-5-15-27;1-18(17-27-14-4-5-15-27)23-8-9-24-22-7-6-19-16-25(2,28)12-10-20(19)21(22)11-13-26(23,24)3;1-17(15-27-13-12-26-16-27)22-6-7-23-21-5-4-18-14-24(2,28)10-8-19(18)20(21)9-11-25(22,23)3;1-21(24)10-8-15-14(12-21)4-5-17-16(15)9-11-22(2)18(17)6-7-19(22)20(23)13-25-3/h7,21-25,29H,1,4-6,8-18H2,2-3H3;6,19-23,29H,3-5,7-17H2,1-2H3;6,20-24,28H,1,4-5,7-17H2,2-3H3;4,12-13,16,19-23,28H,1,5-11,14-15H2,2-3H3;4,15-19,24H,5-13H2,1-3H3/t21-,22+,23+,24+,25-,26+,27+;19-,20+,21+,22-,23+,25+,26-;20-,21+,22+,23+,24-,25+,26+;19-,20+,21+,22+,23-,24+,25+;15-,16+,17+,18-,19+,21+,22-/m00000/s1. The van der Waals surface area contributed by atoms with Crippen molar-refractivity contribution in [1.82, 2.24) is 24.3 Å². The van der Waals surface area contributed by atoms with E-state index in [1.54, 1.807) is 50.8 Å². The second-order valence-electron chi connectivity index (χ2n) is 55.9. The van der Waals surface area contributed by atoms with Gasteiger partial charge in [0.05, 0.1) is 46.6 Å². The van der Waals surface area contributed by atoms with Gasteiger partial charge in [0.15, 0.2) is 0 Å². The number of nitrogens with zero attached hydrogens (tertiary/aromatic N) is 5. The Labute approximate surface area is 848 Å². The number of piperidine rings is 2. The van der Waals surface area contributed by atoms with Gasteiger partial charge in [0.1, 0.15) is 11.6 Å². The van der Waals surface area contributed by atoms with Gasteiger partial charge in [-0.25, -0.2) is 4.98 Å². The lowest BCUT2D eigenvalue weighted by molar-refractivity contribution is -0.130. The van der Waals surface area contributed by atoms with Crippen molar-refractivity contribution in [3.05, 3.63) is 113 Å². The number of allylic oxidation sites excluding steroid dienone is 6. The first-order valence-electron chi connectivity index (χ1n) is 59.1. The number of ketones is 2. The van der Waals surface area contributed by atoms with Crippen molar-refractivity contribution >= 4 is 23.3 Å². The van der Waals surface area contributed by atoms with Crippen LogP contribution in [-0.4, -0.2) is 160 Å². The fourth-order valence-corrected chi connectivity index (χ4v) is 41.2. The summed E-state index contributed by atoms with van der Waals surface area (Å²) in [4.78, 5) is 38.0. The van der Waals surface area contributed by atoms with E-state index in [4.69, 9.17) is 0 Å². The normalized spacial score (nSPS) is 47.5. The number of Topliss-reactive ketones (excluding diaryl/α,β-unsaturated/α-hetero) is 2. The first-order chi connectivity index (χ1) is 66.3. The monoisotopic (exact) mass is 1920 g/mol. The number of aliphatic hydroxyl groups is 5. The third kappa shape index (κ3) is 20.4. The number of hydrogen-bond donors (Lipinski definition) is 5. The summed E-state index contributed by atoms with van der Waals surface area (Å²) in [5, 5.41) is 52.7. The van der Waals surface area contributed by atoms with Crippen LogP contribution in [0, 0.1) is 175 Å². The van der Waals surface area contributed by atoms with Crippen LogP contribution >= 0.6 is 11.8 Å². The molecule has 1 aromatic rings. The number of thioether (sulfide) groups is 1. The number of imidazole rings is 1. The third-order valence-corrected chi connectivity index (χ3v) is 48.0. The quantitative estimate of drug-likeness (QED) is 0.106. The Morgan fingerprint density at radius 2 is 0.568 bits per heavy atom.